The molecule has 0 bridgehead atoms. The molecule has 8 nitrogen and oxygen atoms in total. The fraction of sp³-hybridized carbons (Fsp3) is 0.360. The third-order valence-electron chi connectivity index (χ3n) is 6.63. The first-order chi connectivity index (χ1) is 17.4. The molecule has 1 saturated carbocycles. The molecule has 0 radical (unpaired) electrons. The summed E-state index contributed by atoms with van der Waals surface area (Å²) in [6.45, 7) is 1.52. The Kier molecular flexibility index (Phi) is 7.44. The van der Waals surface area contributed by atoms with Crippen LogP contribution in [0.15, 0.2) is 42.7 Å². The third-order valence-corrected chi connectivity index (χ3v) is 6.83. The Bertz CT molecular complexity index is 1340. The Morgan fingerprint density at radius 3 is 2.54 bits per heavy atom. The van der Waals surface area contributed by atoms with E-state index in [1.165, 1.54) is 42.1 Å². The second kappa shape index (κ2) is 10.4. The number of nitrogens with one attached hydrogen (secondary N) is 2. The number of hydrogen-bond acceptors (Lipinski definition) is 4. The number of anilines is 1. The van der Waals surface area contributed by atoms with Crippen LogP contribution in [0.25, 0.3) is 11.1 Å². The smallest absolute Gasteiger partial charge is 0.270 e. The second-order valence-corrected chi connectivity index (χ2v) is 9.59. The number of halogens is 4. The number of aromatic nitrogens is 3. The fourth-order valence-electron chi connectivity index (χ4n) is 4.52. The summed E-state index contributed by atoms with van der Waals surface area (Å²) in [7, 11) is 1.56. The van der Waals surface area contributed by atoms with Crippen LogP contribution in [0.1, 0.15) is 41.9 Å². The van der Waals surface area contributed by atoms with Gasteiger partial charge in [-0.3, -0.25) is 14.3 Å². The summed E-state index contributed by atoms with van der Waals surface area (Å²) in [5.74, 6) is -5.31. The highest BCUT2D eigenvalue weighted by atomic mass is 35.5. The van der Waals surface area contributed by atoms with Crippen LogP contribution in [0, 0.1) is 23.9 Å². The zero-order valence-electron chi connectivity index (χ0n) is 20.1. The molecular weight excluding hydrogens is 511 g/mol. The summed E-state index contributed by atoms with van der Waals surface area (Å²) >= 11 is 5.95. The maximum atomic E-state index is 15.0. The van der Waals surface area contributed by atoms with Crippen molar-refractivity contribution in [2.75, 3.05) is 5.32 Å². The molecule has 2 N–H and O–H groups in total. The van der Waals surface area contributed by atoms with Gasteiger partial charge in [0.15, 0.2) is 11.9 Å². The molecule has 1 aromatic carbocycles. The maximum Gasteiger partial charge on any atom is 0.270 e. The molecule has 1 aliphatic rings. The third kappa shape index (κ3) is 5.87. The van der Waals surface area contributed by atoms with Gasteiger partial charge in [-0.2, -0.15) is 9.83 Å². The fourth-order valence-corrected chi connectivity index (χ4v) is 4.71. The van der Waals surface area contributed by atoms with Crippen LogP contribution in [0.2, 0.25) is 5.02 Å². The first-order valence-corrected chi connectivity index (χ1v) is 12.0. The topological polar surface area (TPSA) is 103 Å². The van der Waals surface area contributed by atoms with Crippen LogP contribution in [-0.4, -0.2) is 33.6 Å². The number of aryl methyl sites for hydroxylation is 1. The predicted molar refractivity (Wildman–Crippen MR) is 131 cm³/mol. The molecule has 1 aliphatic carbocycles. The number of carbonyl (C=O) groups excluding carboxylic acids is 2. The molecule has 0 aliphatic heterocycles. The van der Waals surface area contributed by atoms with E-state index in [9.17, 15) is 23.6 Å². The predicted octanol–water partition coefficient (Wildman–Crippen LogP) is 4.38. The molecular formula is C25H25ClF3N5O3. The van der Waals surface area contributed by atoms with Crippen molar-refractivity contribution in [3.05, 3.63) is 70.2 Å². The first-order valence-electron chi connectivity index (χ1n) is 11.6. The molecule has 0 unspecified atom stereocenters. The van der Waals surface area contributed by atoms with Gasteiger partial charge in [0.05, 0.1) is 5.56 Å². The summed E-state index contributed by atoms with van der Waals surface area (Å²) in [4.78, 5) is 26.1. The van der Waals surface area contributed by atoms with Gasteiger partial charge < -0.3 is 15.8 Å². The number of alkyl halides is 2. The van der Waals surface area contributed by atoms with Gasteiger partial charge >= 0.3 is 0 Å². The second-order valence-electron chi connectivity index (χ2n) is 9.15. The van der Waals surface area contributed by atoms with Crippen molar-refractivity contribution < 1.29 is 27.5 Å². The Hall–Kier alpha value is -3.60. The van der Waals surface area contributed by atoms with Crippen molar-refractivity contribution in [3.63, 3.8) is 0 Å². The van der Waals surface area contributed by atoms with Gasteiger partial charge in [0.25, 0.3) is 5.91 Å². The molecule has 2 heterocycles. The molecule has 0 saturated heterocycles. The van der Waals surface area contributed by atoms with Crippen molar-refractivity contribution in [2.45, 2.75) is 44.6 Å². The number of hydrogen-bond donors (Lipinski definition) is 2. The largest absolute Gasteiger partial charge is 0.618 e. The molecule has 2 amide bonds. The number of nitrogens with zero attached hydrogens (tertiary/aromatic N) is 3. The van der Waals surface area contributed by atoms with Crippen LogP contribution in [0.4, 0.5) is 18.9 Å². The summed E-state index contributed by atoms with van der Waals surface area (Å²) < 4.78 is 44.4. The number of benzene rings is 1. The highest BCUT2D eigenvalue weighted by molar-refractivity contribution is 6.30. The van der Waals surface area contributed by atoms with Gasteiger partial charge in [0.1, 0.15) is 22.6 Å². The molecule has 196 valence electrons. The molecule has 37 heavy (non-hydrogen) atoms. The van der Waals surface area contributed by atoms with E-state index in [-0.39, 0.29) is 40.5 Å². The zero-order chi connectivity index (χ0) is 26.9. The minimum absolute atomic E-state index is 0.0350. The van der Waals surface area contributed by atoms with E-state index < -0.39 is 48.4 Å². The van der Waals surface area contributed by atoms with Gasteiger partial charge in [0, 0.05) is 44.3 Å². The SMILES string of the molecule is Cc1c(-c2ccc(NC(=O)[C@H](NC(=O)c3ccnn3C)C3CCC(F)(F)CC3)cc2F)cc(Cl)c[n+]1[O-]. The molecule has 0 spiro atoms. The van der Waals surface area contributed by atoms with E-state index >= 15 is 4.39 Å². The minimum atomic E-state index is -2.82. The van der Waals surface area contributed by atoms with Crippen molar-refractivity contribution in [3.8, 4) is 11.1 Å². The van der Waals surface area contributed by atoms with E-state index in [1.807, 2.05) is 0 Å². The number of carbonyl (C=O) groups is 2. The number of amides is 2. The molecule has 1 fully saturated rings. The molecule has 2 aromatic heterocycles. The van der Waals surface area contributed by atoms with Gasteiger partial charge in [0.2, 0.25) is 11.8 Å². The summed E-state index contributed by atoms with van der Waals surface area (Å²) in [5, 5.41) is 21.3. The van der Waals surface area contributed by atoms with E-state index in [1.54, 1.807) is 7.05 Å². The lowest BCUT2D eigenvalue weighted by Crippen LogP contribution is -2.50. The van der Waals surface area contributed by atoms with E-state index in [0.717, 1.165) is 12.3 Å². The normalized spacial score (nSPS) is 16.3. The summed E-state index contributed by atoms with van der Waals surface area (Å²) in [6.07, 6.45) is 1.86. The quantitative estimate of drug-likeness (QED) is 0.361. The van der Waals surface area contributed by atoms with Crippen molar-refractivity contribution >= 4 is 29.1 Å². The van der Waals surface area contributed by atoms with Crippen molar-refractivity contribution in [1.29, 1.82) is 0 Å². The average molecular weight is 536 g/mol. The lowest BCUT2D eigenvalue weighted by atomic mass is 9.81. The minimum Gasteiger partial charge on any atom is -0.618 e. The van der Waals surface area contributed by atoms with Crippen LogP contribution in [0.5, 0.6) is 0 Å². The molecule has 3 aromatic rings. The van der Waals surface area contributed by atoms with Gasteiger partial charge in [-0.1, -0.05) is 11.6 Å². The standard InChI is InChI=1S/C25H25ClF3N5O3/c1-14-19(11-16(26)13-34(14)37)18-4-3-17(12-20(18)27)31-24(36)22(15-5-8-25(28,29)9-6-15)32-23(35)21-7-10-30-33(21)2/h3-4,7,10-13,15,22H,5-6,8-9H2,1-2H3,(H,31,36)(H,32,35)/t22-/m1/s1. The Labute approximate surface area is 216 Å². The highest BCUT2D eigenvalue weighted by Crippen LogP contribution is 2.38. The lowest BCUT2D eigenvalue weighted by Gasteiger charge is -2.33. The van der Waals surface area contributed by atoms with Crippen LogP contribution in [0.3, 0.4) is 0 Å². The molecule has 1 atom stereocenters. The van der Waals surface area contributed by atoms with Crippen molar-refractivity contribution in [2.24, 2.45) is 13.0 Å². The van der Waals surface area contributed by atoms with Crippen molar-refractivity contribution in [1.82, 2.24) is 15.1 Å². The first kappa shape index (κ1) is 26.5. The Morgan fingerprint density at radius 2 is 1.92 bits per heavy atom. The van der Waals surface area contributed by atoms with E-state index in [4.69, 9.17) is 11.6 Å². The Balaban J connectivity index is 1.57. The van der Waals surface area contributed by atoms with Crippen LogP contribution >= 0.6 is 11.6 Å². The van der Waals surface area contributed by atoms with Gasteiger partial charge in [-0.15, -0.1) is 0 Å². The maximum absolute atomic E-state index is 15.0. The lowest BCUT2D eigenvalue weighted by molar-refractivity contribution is -0.611. The van der Waals surface area contributed by atoms with Crippen LogP contribution in [-0.2, 0) is 11.8 Å². The summed E-state index contributed by atoms with van der Waals surface area (Å²) in [6, 6.07) is 5.73. The van der Waals surface area contributed by atoms with Gasteiger partial charge in [-0.25, -0.2) is 13.2 Å². The Morgan fingerprint density at radius 1 is 1.22 bits per heavy atom. The molecule has 12 heteroatoms. The highest BCUT2D eigenvalue weighted by Gasteiger charge is 2.40. The van der Waals surface area contributed by atoms with E-state index in [2.05, 4.69) is 15.7 Å². The molecule has 4 rings (SSSR count). The number of rotatable bonds is 6. The zero-order valence-corrected chi connectivity index (χ0v) is 20.9. The van der Waals surface area contributed by atoms with E-state index in [0.29, 0.717) is 10.3 Å². The van der Waals surface area contributed by atoms with Gasteiger partial charge in [-0.05, 0) is 49.1 Å². The average Bonchev–Trinajstić information content (AvgIpc) is 3.26. The monoisotopic (exact) mass is 535 g/mol. The summed E-state index contributed by atoms with van der Waals surface area (Å²) in [5.41, 5.74) is 0.941. The number of pyridine rings is 1. The van der Waals surface area contributed by atoms with Crippen LogP contribution < -0.4 is 15.4 Å².